The lowest BCUT2D eigenvalue weighted by atomic mass is 9.95. The number of imidazole rings is 2. The van der Waals surface area contributed by atoms with Gasteiger partial charge in [0.2, 0.25) is 0 Å². The molecule has 4 nitrogen and oxygen atoms in total. The van der Waals surface area contributed by atoms with Crippen molar-refractivity contribution in [1.82, 2.24) is 9.55 Å². The topological polar surface area (TPSA) is 41.4 Å². The highest BCUT2D eigenvalue weighted by molar-refractivity contribution is 9.10. The molecule has 0 atom stereocenters. The monoisotopic (exact) mass is 452 g/mol. The Balaban J connectivity index is 1.44. The van der Waals surface area contributed by atoms with Crippen molar-refractivity contribution in [2.75, 3.05) is 6.54 Å². The Morgan fingerprint density at radius 1 is 1.03 bits per heavy atom. The third-order valence-electron chi connectivity index (χ3n) is 6.31. The average Bonchev–Trinajstić information content (AvgIpc) is 3.29. The van der Waals surface area contributed by atoms with E-state index < -0.39 is 0 Å². The number of para-hydroxylation sites is 2. The molecular weight excluding hydrogens is 424 g/mol. The summed E-state index contributed by atoms with van der Waals surface area (Å²) in [6.45, 7) is 2.23. The first kappa shape index (κ1) is 18.9. The van der Waals surface area contributed by atoms with Crippen molar-refractivity contribution in [3.05, 3.63) is 59.2 Å². The van der Waals surface area contributed by atoms with Crippen molar-refractivity contribution in [2.45, 2.75) is 51.1 Å². The molecule has 0 saturated heterocycles. The van der Waals surface area contributed by atoms with Gasteiger partial charge in [-0.25, -0.2) is 9.55 Å². The second kappa shape index (κ2) is 8.33. The van der Waals surface area contributed by atoms with Gasteiger partial charge < -0.3 is 5.32 Å². The number of rotatable bonds is 6. The molecule has 0 unspecified atom stereocenters. The largest absolute Gasteiger partial charge is 0.368 e. The summed E-state index contributed by atoms with van der Waals surface area (Å²) in [5.41, 5.74) is 4.94. The minimum Gasteiger partial charge on any atom is -0.344 e. The van der Waals surface area contributed by atoms with E-state index in [0.29, 0.717) is 0 Å². The van der Waals surface area contributed by atoms with E-state index in [0.717, 1.165) is 17.1 Å². The Morgan fingerprint density at radius 2 is 1.83 bits per heavy atom. The van der Waals surface area contributed by atoms with Gasteiger partial charge >= 0.3 is 5.78 Å². The quantitative estimate of drug-likeness (QED) is 0.321. The summed E-state index contributed by atoms with van der Waals surface area (Å²) in [5.74, 6) is 1.17. The molecule has 5 rings (SSSR count). The van der Waals surface area contributed by atoms with E-state index >= 15 is 0 Å². The molecule has 1 saturated carbocycles. The van der Waals surface area contributed by atoms with Crippen molar-refractivity contribution in [2.24, 2.45) is 0 Å². The van der Waals surface area contributed by atoms with Crippen molar-refractivity contribution >= 4 is 32.7 Å². The molecule has 2 aromatic heterocycles. The maximum Gasteiger partial charge on any atom is 0.368 e. The standard InChI is InChI=1S/C24H27BrN4/c25-19-13-11-18(12-14-19)23-17-29-22-10-5-4-9-21(22)27-24(29)28(23)16-6-15-26-20-7-2-1-3-8-20/h4-5,9-14,17,20,26H,1-3,6-8,15-16H2/p+2. The van der Waals surface area contributed by atoms with E-state index in [9.17, 15) is 0 Å². The molecule has 0 bridgehead atoms. The van der Waals surface area contributed by atoms with Crippen LogP contribution in [0.4, 0.5) is 0 Å². The van der Waals surface area contributed by atoms with E-state index in [1.807, 2.05) is 0 Å². The molecule has 1 fully saturated rings. The van der Waals surface area contributed by atoms with E-state index in [1.54, 1.807) is 0 Å². The maximum absolute atomic E-state index is 3.64. The van der Waals surface area contributed by atoms with Crippen molar-refractivity contribution in [1.29, 1.82) is 0 Å². The predicted molar refractivity (Wildman–Crippen MR) is 121 cm³/mol. The van der Waals surface area contributed by atoms with Gasteiger partial charge in [-0.1, -0.05) is 46.6 Å². The molecule has 4 aromatic rings. The number of fused-ring (bicyclic) bond motifs is 3. The first-order valence-electron chi connectivity index (χ1n) is 10.9. The maximum atomic E-state index is 3.64. The zero-order valence-electron chi connectivity index (χ0n) is 16.8. The summed E-state index contributed by atoms with van der Waals surface area (Å²) >= 11 is 3.56. The Bertz CT molecular complexity index is 1100. The summed E-state index contributed by atoms with van der Waals surface area (Å²) in [7, 11) is 0. The summed E-state index contributed by atoms with van der Waals surface area (Å²) in [5, 5.41) is 2.59. The lowest BCUT2D eigenvalue weighted by Crippen LogP contribution is -2.90. The molecule has 150 valence electrons. The van der Waals surface area contributed by atoms with Gasteiger partial charge in [0.05, 0.1) is 19.1 Å². The van der Waals surface area contributed by atoms with Crippen LogP contribution < -0.4 is 9.72 Å². The van der Waals surface area contributed by atoms with Crippen LogP contribution in [-0.2, 0) is 6.54 Å². The average molecular weight is 453 g/mol. The zero-order valence-corrected chi connectivity index (χ0v) is 18.4. The van der Waals surface area contributed by atoms with E-state index in [2.05, 4.69) is 89.9 Å². The molecule has 1 aliphatic rings. The summed E-state index contributed by atoms with van der Waals surface area (Å²) in [6, 6.07) is 18.0. The molecule has 0 amide bonds. The number of nitrogens with one attached hydrogen (secondary N) is 1. The van der Waals surface area contributed by atoms with E-state index in [4.69, 9.17) is 0 Å². The Kier molecular flexibility index (Phi) is 5.42. The van der Waals surface area contributed by atoms with Crippen LogP contribution in [0.2, 0.25) is 0 Å². The number of halogens is 1. The van der Waals surface area contributed by atoms with Crippen molar-refractivity contribution in [3.8, 4) is 11.3 Å². The number of aromatic nitrogens is 3. The van der Waals surface area contributed by atoms with Crippen LogP contribution in [0.1, 0.15) is 38.5 Å². The fraction of sp³-hybridized carbons (Fsp3) is 0.375. The van der Waals surface area contributed by atoms with Gasteiger partial charge in [-0.05, 0) is 49.9 Å². The number of aromatic amines is 1. The van der Waals surface area contributed by atoms with Gasteiger partial charge in [-0.15, -0.1) is 0 Å². The SMILES string of the molecule is Brc1ccc(-c2c[n+]3c4ccccc4[nH]c3n2CCC[NH2+]C2CCCCC2)cc1. The van der Waals surface area contributed by atoms with Crippen LogP contribution in [0.25, 0.3) is 28.1 Å². The van der Waals surface area contributed by atoms with Gasteiger partial charge in [0.15, 0.2) is 0 Å². The Morgan fingerprint density at radius 3 is 2.66 bits per heavy atom. The van der Waals surface area contributed by atoms with Crippen LogP contribution in [0.3, 0.4) is 0 Å². The number of aryl methyl sites for hydroxylation is 1. The Labute approximate surface area is 180 Å². The molecule has 2 aromatic carbocycles. The minimum atomic E-state index is 0.849. The van der Waals surface area contributed by atoms with Crippen LogP contribution in [-0.4, -0.2) is 22.1 Å². The van der Waals surface area contributed by atoms with Gasteiger partial charge in [-0.3, -0.25) is 0 Å². The van der Waals surface area contributed by atoms with Crippen LogP contribution in [0.15, 0.2) is 59.2 Å². The first-order chi connectivity index (χ1) is 14.3. The Hall–Kier alpha value is -2.11. The van der Waals surface area contributed by atoms with Crippen molar-refractivity contribution in [3.63, 3.8) is 0 Å². The minimum absolute atomic E-state index is 0.849. The molecule has 29 heavy (non-hydrogen) atoms. The zero-order chi connectivity index (χ0) is 19.6. The lowest BCUT2D eigenvalue weighted by molar-refractivity contribution is -0.692. The second-order valence-corrected chi connectivity index (χ2v) is 9.20. The number of hydrogen-bond donors (Lipinski definition) is 2. The highest BCUT2D eigenvalue weighted by Crippen LogP contribution is 2.24. The lowest BCUT2D eigenvalue weighted by Gasteiger charge is -2.19. The van der Waals surface area contributed by atoms with Crippen LogP contribution >= 0.6 is 15.9 Å². The predicted octanol–water partition coefficient (Wildman–Crippen LogP) is 4.42. The highest BCUT2D eigenvalue weighted by atomic mass is 79.9. The summed E-state index contributed by atoms with van der Waals surface area (Å²) in [6.07, 6.45) is 10.5. The van der Waals surface area contributed by atoms with Crippen molar-refractivity contribution < 1.29 is 9.72 Å². The summed E-state index contributed by atoms with van der Waals surface area (Å²) < 4.78 is 5.88. The van der Waals surface area contributed by atoms with Gasteiger partial charge in [0.1, 0.15) is 22.9 Å². The molecule has 0 aliphatic heterocycles. The molecular formula is C24H29BrN4+2. The fourth-order valence-electron chi connectivity index (χ4n) is 4.77. The van der Waals surface area contributed by atoms with Gasteiger partial charge in [0, 0.05) is 16.5 Å². The van der Waals surface area contributed by atoms with Crippen LogP contribution in [0.5, 0.6) is 0 Å². The highest BCUT2D eigenvalue weighted by Gasteiger charge is 2.22. The molecule has 0 spiro atoms. The van der Waals surface area contributed by atoms with E-state index in [-0.39, 0.29) is 0 Å². The van der Waals surface area contributed by atoms with E-state index in [1.165, 1.54) is 73.1 Å². The van der Waals surface area contributed by atoms with Crippen LogP contribution in [0, 0.1) is 0 Å². The third kappa shape index (κ3) is 3.86. The molecule has 3 N–H and O–H groups in total. The number of H-pyrrole nitrogens is 1. The molecule has 1 aliphatic carbocycles. The first-order valence-corrected chi connectivity index (χ1v) is 11.7. The van der Waals surface area contributed by atoms with Gasteiger partial charge in [0.25, 0.3) is 0 Å². The molecule has 0 radical (unpaired) electrons. The normalized spacial score (nSPS) is 15.5. The number of nitrogens with zero attached hydrogens (tertiary/aromatic N) is 2. The number of nitrogens with two attached hydrogens (primary N) is 1. The number of benzene rings is 2. The molecule has 2 heterocycles. The third-order valence-corrected chi connectivity index (χ3v) is 6.84. The van der Waals surface area contributed by atoms with Gasteiger partial charge in [-0.2, -0.15) is 4.40 Å². The molecule has 5 heteroatoms. The second-order valence-electron chi connectivity index (χ2n) is 8.28. The fourth-order valence-corrected chi connectivity index (χ4v) is 5.03. The summed E-state index contributed by atoms with van der Waals surface area (Å²) in [4.78, 5) is 3.64. The number of hydrogen-bond acceptors (Lipinski definition) is 0. The number of quaternary nitrogens is 1. The smallest absolute Gasteiger partial charge is 0.344 e.